The van der Waals surface area contributed by atoms with Crippen molar-refractivity contribution in [3.63, 3.8) is 0 Å². The summed E-state index contributed by atoms with van der Waals surface area (Å²) in [5.74, 6) is 0.933. The molecule has 2 rings (SSSR count). The van der Waals surface area contributed by atoms with E-state index in [1.165, 1.54) is 16.7 Å². The number of nitrogens with one attached hydrogen (secondary N) is 2. The standard InChI is InChI=1S/C25H32N4/c1-4-8-22(25(26)27)17-23-18-28-24(29-23)10-7-9-19(5-2)11-14-21-15-12-20(6-3)13-16-21/h4-5,7-9,12-13,15-18H,6,10-11,14H2,1-3H3,(H3,26,27)(H,28,29)/b8-4-,9-7-,19-5+,22-17+. The van der Waals surface area contributed by atoms with Crippen LogP contribution in [0.2, 0.25) is 0 Å². The quantitative estimate of drug-likeness (QED) is 0.284. The lowest BCUT2D eigenvalue weighted by atomic mass is 10.0. The van der Waals surface area contributed by atoms with Gasteiger partial charge in [0, 0.05) is 12.0 Å². The Morgan fingerprint density at radius 1 is 1.14 bits per heavy atom. The summed E-state index contributed by atoms with van der Waals surface area (Å²) in [5.41, 5.74) is 11.2. The topological polar surface area (TPSA) is 78.5 Å². The Morgan fingerprint density at radius 2 is 1.86 bits per heavy atom. The fourth-order valence-corrected chi connectivity index (χ4v) is 2.99. The lowest BCUT2D eigenvalue weighted by Gasteiger charge is -2.04. The number of nitrogens with zero attached hydrogens (tertiary/aromatic N) is 1. The molecule has 0 saturated heterocycles. The van der Waals surface area contributed by atoms with E-state index in [9.17, 15) is 0 Å². The highest BCUT2D eigenvalue weighted by molar-refractivity contribution is 6.01. The third-order valence-corrected chi connectivity index (χ3v) is 4.76. The van der Waals surface area contributed by atoms with E-state index in [2.05, 4.69) is 66.3 Å². The van der Waals surface area contributed by atoms with Gasteiger partial charge in [-0.05, 0) is 50.3 Å². The Labute approximate surface area is 174 Å². The van der Waals surface area contributed by atoms with Crippen molar-refractivity contribution >= 4 is 11.9 Å². The van der Waals surface area contributed by atoms with Crippen LogP contribution >= 0.6 is 0 Å². The zero-order valence-electron chi connectivity index (χ0n) is 17.7. The first-order valence-corrected chi connectivity index (χ1v) is 10.2. The van der Waals surface area contributed by atoms with Crippen LogP contribution in [-0.2, 0) is 19.3 Å². The third-order valence-electron chi connectivity index (χ3n) is 4.76. The maximum Gasteiger partial charge on any atom is 0.122 e. The number of aryl methyl sites for hydroxylation is 2. The van der Waals surface area contributed by atoms with Crippen LogP contribution in [0.4, 0.5) is 0 Å². The molecule has 0 bridgehead atoms. The largest absolute Gasteiger partial charge is 0.384 e. The second-order valence-corrected chi connectivity index (χ2v) is 6.94. The molecule has 0 aliphatic heterocycles. The van der Waals surface area contributed by atoms with Gasteiger partial charge in [-0.3, -0.25) is 5.41 Å². The normalized spacial score (nSPS) is 12.9. The van der Waals surface area contributed by atoms with Crippen molar-refractivity contribution in [2.45, 2.75) is 46.5 Å². The maximum atomic E-state index is 7.62. The zero-order valence-corrected chi connectivity index (χ0v) is 17.7. The van der Waals surface area contributed by atoms with Crippen molar-refractivity contribution in [1.82, 2.24) is 9.97 Å². The molecule has 0 spiro atoms. The Bertz CT molecular complexity index is 909. The first kappa shape index (κ1) is 22.2. The molecule has 0 fully saturated rings. The molecule has 0 aliphatic rings. The van der Waals surface area contributed by atoms with E-state index in [4.69, 9.17) is 11.1 Å². The van der Waals surface area contributed by atoms with Gasteiger partial charge in [0.15, 0.2) is 0 Å². The van der Waals surface area contributed by atoms with Gasteiger partial charge in [-0.1, -0.05) is 67.1 Å². The van der Waals surface area contributed by atoms with Gasteiger partial charge in [0.25, 0.3) is 0 Å². The summed E-state index contributed by atoms with van der Waals surface area (Å²) in [6, 6.07) is 8.90. The van der Waals surface area contributed by atoms with Gasteiger partial charge < -0.3 is 10.7 Å². The number of amidine groups is 1. The summed E-state index contributed by atoms with van der Waals surface area (Å²) in [4.78, 5) is 7.69. The highest BCUT2D eigenvalue weighted by Crippen LogP contribution is 2.13. The predicted octanol–water partition coefficient (Wildman–Crippen LogP) is 5.55. The lowest BCUT2D eigenvalue weighted by Crippen LogP contribution is -2.11. The summed E-state index contributed by atoms with van der Waals surface area (Å²) in [7, 11) is 0. The molecule has 4 heteroatoms. The van der Waals surface area contributed by atoms with E-state index in [1.54, 1.807) is 6.20 Å². The van der Waals surface area contributed by atoms with E-state index >= 15 is 0 Å². The molecule has 2 aromatic rings. The van der Waals surface area contributed by atoms with E-state index < -0.39 is 0 Å². The molecule has 152 valence electrons. The van der Waals surface area contributed by atoms with E-state index in [-0.39, 0.29) is 5.84 Å². The monoisotopic (exact) mass is 388 g/mol. The predicted molar refractivity (Wildman–Crippen MR) is 124 cm³/mol. The zero-order chi connectivity index (χ0) is 21.1. The summed E-state index contributed by atoms with van der Waals surface area (Å²) >= 11 is 0. The van der Waals surface area contributed by atoms with Crippen molar-refractivity contribution in [3.8, 4) is 0 Å². The molecule has 0 aliphatic carbocycles. The summed E-state index contributed by atoms with van der Waals surface area (Å²) in [5, 5.41) is 7.62. The molecule has 0 atom stereocenters. The Morgan fingerprint density at radius 3 is 2.48 bits per heavy atom. The van der Waals surface area contributed by atoms with E-state index in [0.29, 0.717) is 5.57 Å². The van der Waals surface area contributed by atoms with Gasteiger partial charge in [0.1, 0.15) is 11.7 Å². The van der Waals surface area contributed by atoms with Crippen molar-refractivity contribution in [2.24, 2.45) is 5.73 Å². The lowest BCUT2D eigenvalue weighted by molar-refractivity contribution is 0.956. The Hall–Kier alpha value is -3.14. The molecule has 0 unspecified atom stereocenters. The summed E-state index contributed by atoms with van der Waals surface area (Å²) < 4.78 is 0. The maximum absolute atomic E-state index is 7.62. The van der Waals surface area contributed by atoms with Crippen LogP contribution in [0.1, 0.15) is 49.8 Å². The van der Waals surface area contributed by atoms with Gasteiger partial charge in [-0.25, -0.2) is 4.98 Å². The number of rotatable bonds is 10. The molecule has 1 aromatic carbocycles. The van der Waals surface area contributed by atoms with Gasteiger partial charge in [-0.2, -0.15) is 0 Å². The van der Waals surface area contributed by atoms with Crippen molar-refractivity contribution in [1.29, 1.82) is 5.41 Å². The van der Waals surface area contributed by atoms with E-state index in [1.807, 2.05) is 25.2 Å². The molecule has 4 nitrogen and oxygen atoms in total. The van der Waals surface area contributed by atoms with Crippen LogP contribution in [0.5, 0.6) is 0 Å². The fourth-order valence-electron chi connectivity index (χ4n) is 2.99. The molecule has 0 radical (unpaired) electrons. The van der Waals surface area contributed by atoms with Crippen LogP contribution in [0.3, 0.4) is 0 Å². The number of benzene rings is 1. The van der Waals surface area contributed by atoms with Gasteiger partial charge >= 0.3 is 0 Å². The molecular weight excluding hydrogens is 356 g/mol. The highest BCUT2D eigenvalue weighted by atomic mass is 14.9. The van der Waals surface area contributed by atoms with Crippen LogP contribution < -0.4 is 5.73 Å². The minimum atomic E-state index is 0.0428. The number of hydrogen-bond donors (Lipinski definition) is 3. The molecule has 1 aromatic heterocycles. The number of aromatic nitrogens is 2. The third kappa shape index (κ3) is 7.41. The molecule has 1 heterocycles. The second kappa shape index (κ2) is 11.6. The smallest absolute Gasteiger partial charge is 0.122 e. The van der Waals surface area contributed by atoms with Crippen molar-refractivity contribution in [3.05, 3.63) is 94.6 Å². The number of H-pyrrole nitrogens is 1. The SMILES string of the molecule is C/C=C\C(=C/c1cnc(C/C=C\C(=C/C)CCc2ccc(CC)cc2)[nH]1)C(=N)N. The molecule has 0 saturated carbocycles. The average Bonchev–Trinajstić information content (AvgIpc) is 3.17. The average molecular weight is 389 g/mol. The van der Waals surface area contributed by atoms with Crippen LogP contribution in [0.15, 0.2) is 72.0 Å². The van der Waals surface area contributed by atoms with Crippen molar-refractivity contribution < 1.29 is 0 Å². The van der Waals surface area contributed by atoms with Gasteiger partial charge in [-0.15, -0.1) is 0 Å². The minimum absolute atomic E-state index is 0.0428. The second-order valence-electron chi connectivity index (χ2n) is 6.94. The Balaban J connectivity index is 1.91. The number of nitrogens with two attached hydrogens (primary N) is 1. The molecule has 0 amide bonds. The number of imidazole rings is 1. The number of hydrogen-bond acceptors (Lipinski definition) is 2. The first-order chi connectivity index (χ1) is 14.0. The Kier molecular flexibility index (Phi) is 8.90. The number of aromatic amines is 1. The van der Waals surface area contributed by atoms with E-state index in [0.717, 1.165) is 37.2 Å². The molecule has 29 heavy (non-hydrogen) atoms. The van der Waals surface area contributed by atoms with Gasteiger partial charge in [0.2, 0.25) is 0 Å². The summed E-state index contributed by atoms with van der Waals surface area (Å²) in [6.07, 6.45) is 17.7. The minimum Gasteiger partial charge on any atom is -0.384 e. The first-order valence-electron chi connectivity index (χ1n) is 10.2. The van der Waals surface area contributed by atoms with Crippen LogP contribution in [-0.4, -0.2) is 15.8 Å². The molecule has 4 N–H and O–H groups in total. The fraction of sp³-hybridized carbons (Fsp3) is 0.280. The van der Waals surface area contributed by atoms with Gasteiger partial charge in [0.05, 0.1) is 11.9 Å². The highest BCUT2D eigenvalue weighted by Gasteiger charge is 2.01. The molecular formula is C25H32N4. The number of allylic oxidation sites excluding steroid dienone is 5. The van der Waals surface area contributed by atoms with Crippen LogP contribution in [0.25, 0.3) is 6.08 Å². The van der Waals surface area contributed by atoms with Crippen LogP contribution in [0, 0.1) is 5.41 Å². The van der Waals surface area contributed by atoms with Crippen molar-refractivity contribution in [2.75, 3.05) is 0 Å². The summed E-state index contributed by atoms with van der Waals surface area (Å²) in [6.45, 7) is 6.17.